The first-order chi connectivity index (χ1) is 16.3. The van der Waals surface area contributed by atoms with Crippen molar-refractivity contribution < 1.29 is 22.9 Å². The van der Waals surface area contributed by atoms with Gasteiger partial charge in [0, 0.05) is 44.9 Å². The van der Waals surface area contributed by atoms with E-state index in [0.717, 1.165) is 6.42 Å². The Morgan fingerprint density at radius 1 is 0.853 bits per heavy atom. The van der Waals surface area contributed by atoms with Crippen LogP contribution in [0.25, 0.3) is 0 Å². The highest BCUT2D eigenvalue weighted by Crippen LogP contribution is 2.53. The molecule has 1 fully saturated rings. The fraction of sp³-hybridized carbons (Fsp3) is 0.840. The van der Waals surface area contributed by atoms with Crippen LogP contribution in [0.4, 0.5) is 0 Å². The number of hydrogen-bond donors (Lipinski definition) is 2. The van der Waals surface area contributed by atoms with E-state index in [-0.39, 0.29) is 17.7 Å². The van der Waals surface area contributed by atoms with E-state index in [9.17, 15) is 9.59 Å². The summed E-state index contributed by atoms with van der Waals surface area (Å²) in [6, 6.07) is 5.73. The van der Waals surface area contributed by atoms with Gasteiger partial charge in [0.1, 0.15) is 5.41 Å². The molecule has 2 atom stereocenters. The average molecular weight is 515 g/mol. The van der Waals surface area contributed by atoms with Gasteiger partial charge in [0.2, 0.25) is 11.8 Å². The highest BCUT2D eigenvalue weighted by molar-refractivity contribution is 6.79. The predicted octanol–water partition coefficient (Wildman–Crippen LogP) is 4.75. The van der Waals surface area contributed by atoms with E-state index in [2.05, 4.69) is 38.0 Å². The summed E-state index contributed by atoms with van der Waals surface area (Å²) in [6.45, 7) is 19.2. The third-order valence-corrected chi connectivity index (χ3v) is 16.6. The van der Waals surface area contributed by atoms with Gasteiger partial charge in [-0.15, -0.1) is 6.58 Å². The van der Waals surface area contributed by atoms with E-state index in [4.69, 9.17) is 13.3 Å². The topological polar surface area (TPSA) is 85.9 Å². The Labute approximate surface area is 210 Å². The quantitative estimate of drug-likeness (QED) is 0.106. The van der Waals surface area contributed by atoms with Gasteiger partial charge in [-0.25, -0.2) is 0 Å². The van der Waals surface area contributed by atoms with Crippen molar-refractivity contribution in [2.24, 2.45) is 11.3 Å². The second-order valence-corrected chi connectivity index (χ2v) is 17.6. The van der Waals surface area contributed by atoms with E-state index < -0.39 is 22.3 Å². The molecule has 0 aromatic heterocycles. The van der Waals surface area contributed by atoms with E-state index in [1.165, 1.54) is 24.2 Å². The lowest BCUT2D eigenvalue weighted by Crippen LogP contribution is -2.47. The van der Waals surface area contributed by atoms with Crippen LogP contribution < -0.4 is 10.6 Å². The Kier molecular flexibility index (Phi) is 13.9. The maximum absolute atomic E-state index is 13.1. The van der Waals surface area contributed by atoms with Crippen LogP contribution in [-0.2, 0) is 22.9 Å². The number of rotatable bonds is 20. The Hall–Kier alpha value is -1.01. The average Bonchev–Trinajstić information content (AvgIpc) is 3.59. The van der Waals surface area contributed by atoms with Gasteiger partial charge in [-0.3, -0.25) is 9.59 Å². The third kappa shape index (κ3) is 8.01. The van der Waals surface area contributed by atoms with Crippen molar-refractivity contribution in [1.29, 1.82) is 0 Å². The summed E-state index contributed by atoms with van der Waals surface area (Å²) in [4.78, 5) is 26.1. The van der Waals surface area contributed by atoms with Crippen molar-refractivity contribution >= 4 is 28.7 Å². The van der Waals surface area contributed by atoms with Gasteiger partial charge >= 0.3 is 8.80 Å². The van der Waals surface area contributed by atoms with Gasteiger partial charge in [0.25, 0.3) is 0 Å². The van der Waals surface area contributed by atoms with Crippen molar-refractivity contribution in [2.75, 3.05) is 32.9 Å². The van der Waals surface area contributed by atoms with E-state index in [1.54, 1.807) is 6.08 Å². The Morgan fingerprint density at radius 2 is 1.29 bits per heavy atom. The van der Waals surface area contributed by atoms with Crippen LogP contribution in [0, 0.1) is 11.3 Å². The summed E-state index contributed by atoms with van der Waals surface area (Å²) in [5.41, 5.74) is -1.01. The summed E-state index contributed by atoms with van der Waals surface area (Å²) < 4.78 is 17.6. The highest BCUT2D eigenvalue weighted by Gasteiger charge is 2.64. The SMILES string of the molecule is C=CC1CC1(C(=O)NCCC[Si](CC)(CC)CC)C(=O)NCCC[Si](OCC)(OCC)OCC. The molecule has 0 aromatic rings. The minimum Gasteiger partial charge on any atom is -0.374 e. The molecular formula is C25H50N2O5Si2. The normalized spacial score (nSPS) is 20.1. The lowest BCUT2D eigenvalue weighted by atomic mass is 10.0. The molecular weight excluding hydrogens is 464 g/mol. The molecule has 1 saturated carbocycles. The first kappa shape index (κ1) is 31.0. The Bertz CT molecular complexity index is 620. The standard InChI is InChI=1S/C25H50N2O5Si2/c1-8-22-21-25(22,23(28)26-17-15-19-33(12-5,13-6)14-7)24(29)27-18-16-20-34(30-9-2,31-10-3)32-11-4/h8,22H,1,9-21H2,2-7H3,(H,26,28)(H,27,29). The van der Waals surface area contributed by atoms with Crippen molar-refractivity contribution in [3.63, 3.8) is 0 Å². The molecule has 0 radical (unpaired) electrons. The molecule has 2 N–H and O–H groups in total. The molecule has 2 unspecified atom stereocenters. The maximum Gasteiger partial charge on any atom is 0.500 e. The van der Waals surface area contributed by atoms with Gasteiger partial charge in [-0.05, 0) is 40.0 Å². The van der Waals surface area contributed by atoms with Crippen LogP contribution in [0.15, 0.2) is 12.7 Å². The molecule has 0 heterocycles. The Balaban J connectivity index is 2.61. The molecule has 198 valence electrons. The van der Waals surface area contributed by atoms with Crippen molar-refractivity contribution in [3.05, 3.63) is 12.7 Å². The molecule has 7 nitrogen and oxygen atoms in total. The summed E-state index contributed by atoms with van der Waals surface area (Å²) >= 11 is 0. The summed E-state index contributed by atoms with van der Waals surface area (Å²) in [6.07, 6.45) is 3.93. The van der Waals surface area contributed by atoms with Gasteiger partial charge < -0.3 is 23.9 Å². The zero-order valence-corrected chi connectivity index (χ0v) is 24.6. The molecule has 0 aromatic carbocycles. The zero-order valence-electron chi connectivity index (χ0n) is 22.6. The molecule has 2 amide bonds. The largest absolute Gasteiger partial charge is 0.500 e. The number of allylic oxidation sites excluding steroid dienone is 1. The number of carbonyl (C=O) groups excluding carboxylic acids is 2. The second kappa shape index (κ2) is 15.2. The van der Waals surface area contributed by atoms with Crippen molar-refractivity contribution in [2.45, 2.75) is 91.0 Å². The molecule has 1 aliphatic rings. The smallest absolute Gasteiger partial charge is 0.374 e. The molecule has 0 saturated heterocycles. The van der Waals surface area contributed by atoms with E-state index >= 15 is 0 Å². The lowest BCUT2D eigenvalue weighted by molar-refractivity contribution is -0.137. The molecule has 1 aliphatic carbocycles. The fourth-order valence-electron chi connectivity index (χ4n) is 4.97. The molecule has 1 rings (SSSR count). The molecule has 0 aliphatic heterocycles. The molecule has 9 heteroatoms. The minimum atomic E-state index is -2.73. The van der Waals surface area contributed by atoms with Gasteiger partial charge in [0.15, 0.2) is 0 Å². The van der Waals surface area contributed by atoms with Crippen LogP contribution in [0.1, 0.15) is 60.8 Å². The minimum absolute atomic E-state index is 0.105. The predicted molar refractivity (Wildman–Crippen MR) is 143 cm³/mol. The zero-order chi connectivity index (χ0) is 25.7. The second-order valence-electron chi connectivity index (χ2n) is 9.28. The van der Waals surface area contributed by atoms with Gasteiger partial charge in [0.05, 0.1) is 8.07 Å². The van der Waals surface area contributed by atoms with Crippen LogP contribution in [-0.4, -0.2) is 61.6 Å². The van der Waals surface area contributed by atoms with E-state index in [1.807, 2.05) is 20.8 Å². The van der Waals surface area contributed by atoms with Crippen LogP contribution >= 0.6 is 0 Å². The van der Waals surface area contributed by atoms with Crippen LogP contribution in [0.5, 0.6) is 0 Å². The number of hydrogen-bond acceptors (Lipinski definition) is 5. The van der Waals surface area contributed by atoms with E-state index in [0.29, 0.717) is 51.8 Å². The first-order valence-corrected chi connectivity index (χ1v) is 18.2. The maximum atomic E-state index is 13.1. The molecule has 0 bridgehead atoms. The highest BCUT2D eigenvalue weighted by atomic mass is 28.4. The van der Waals surface area contributed by atoms with Crippen LogP contribution in [0.3, 0.4) is 0 Å². The summed E-state index contributed by atoms with van der Waals surface area (Å²) in [5, 5.41) is 6.05. The summed E-state index contributed by atoms with van der Waals surface area (Å²) in [5.74, 6) is -0.467. The number of nitrogens with one attached hydrogen (secondary N) is 2. The van der Waals surface area contributed by atoms with Crippen molar-refractivity contribution in [3.8, 4) is 0 Å². The van der Waals surface area contributed by atoms with Crippen LogP contribution in [0.2, 0.25) is 30.2 Å². The monoisotopic (exact) mass is 514 g/mol. The number of amides is 2. The molecule has 34 heavy (non-hydrogen) atoms. The summed E-state index contributed by atoms with van der Waals surface area (Å²) in [7, 11) is -3.92. The van der Waals surface area contributed by atoms with Gasteiger partial charge in [-0.2, -0.15) is 0 Å². The fourth-order valence-corrected chi connectivity index (χ4v) is 11.1. The van der Waals surface area contributed by atoms with Crippen molar-refractivity contribution in [1.82, 2.24) is 10.6 Å². The lowest BCUT2D eigenvalue weighted by Gasteiger charge is -2.28. The molecule has 0 spiro atoms. The first-order valence-electron chi connectivity index (χ1n) is 13.4. The number of carbonyl (C=O) groups is 2. The van der Waals surface area contributed by atoms with Gasteiger partial charge in [-0.1, -0.05) is 51.0 Å². The third-order valence-electron chi connectivity index (χ3n) is 7.57. The Morgan fingerprint density at radius 3 is 1.65 bits per heavy atom.